The molecular weight excluding hydrogens is 294 g/mol. The van der Waals surface area contributed by atoms with Gasteiger partial charge in [0.25, 0.3) is 0 Å². The minimum absolute atomic E-state index is 0.129. The van der Waals surface area contributed by atoms with E-state index in [9.17, 15) is 9.59 Å². The van der Waals surface area contributed by atoms with E-state index in [0.29, 0.717) is 6.54 Å². The topological polar surface area (TPSA) is 62.3 Å². The molecule has 0 bridgehead atoms. The van der Waals surface area contributed by atoms with Crippen molar-refractivity contribution in [3.8, 4) is 0 Å². The van der Waals surface area contributed by atoms with Crippen LogP contribution in [0.15, 0.2) is 28.6 Å². The zero-order valence-corrected chi connectivity index (χ0v) is 12.3. The molecule has 7 heteroatoms. The lowest BCUT2D eigenvalue weighted by Gasteiger charge is -2.10. The molecule has 1 saturated heterocycles. The number of fused-ring (bicyclic) bond motifs is 1. The standard InChI is InChI=1S/C13H13N3O2S2/c17-11-8-14-12(18)16(11)6-3-7-19-13-15-9-4-1-2-5-10(9)20-13/h1-2,4-5H,3,6-8H2,(H,14,18). The highest BCUT2D eigenvalue weighted by molar-refractivity contribution is 8.01. The van der Waals surface area contributed by atoms with E-state index in [1.165, 1.54) is 9.60 Å². The summed E-state index contributed by atoms with van der Waals surface area (Å²) in [5.74, 6) is 0.705. The second kappa shape index (κ2) is 5.80. The molecule has 3 rings (SSSR count). The van der Waals surface area contributed by atoms with Gasteiger partial charge in [0.05, 0.1) is 16.8 Å². The molecule has 0 saturated carbocycles. The van der Waals surface area contributed by atoms with Crippen molar-refractivity contribution in [3.63, 3.8) is 0 Å². The van der Waals surface area contributed by atoms with E-state index in [0.717, 1.165) is 22.0 Å². The van der Waals surface area contributed by atoms with E-state index in [1.807, 2.05) is 18.2 Å². The number of benzene rings is 1. The number of nitrogens with zero attached hydrogens (tertiary/aromatic N) is 2. The van der Waals surface area contributed by atoms with Gasteiger partial charge in [-0.05, 0) is 18.6 Å². The number of aromatic nitrogens is 1. The van der Waals surface area contributed by atoms with Gasteiger partial charge in [-0.15, -0.1) is 11.3 Å². The Morgan fingerprint density at radius 2 is 2.20 bits per heavy atom. The molecule has 2 aromatic rings. The first-order valence-corrected chi connectivity index (χ1v) is 8.11. The molecule has 0 aliphatic carbocycles. The van der Waals surface area contributed by atoms with Gasteiger partial charge in [0.2, 0.25) is 5.91 Å². The number of para-hydroxylation sites is 1. The monoisotopic (exact) mass is 307 g/mol. The van der Waals surface area contributed by atoms with E-state index in [4.69, 9.17) is 0 Å². The second-order valence-electron chi connectivity index (χ2n) is 4.35. The average Bonchev–Trinajstić information content (AvgIpc) is 2.99. The number of thiazole rings is 1. The smallest absolute Gasteiger partial charge is 0.324 e. The lowest BCUT2D eigenvalue weighted by atomic mass is 10.3. The number of rotatable bonds is 5. The third kappa shape index (κ3) is 2.78. The van der Waals surface area contributed by atoms with Crippen molar-refractivity contribution in [1.82, 2.24) is 15.2 Å². The summed E-state index contributed by atoms with van der Waals surface area (Å²) in [5.41, 5.74) is 1.02. The molecule has 20 heavy (non-hydrogen) atoms. The van der Waals surface area contributed by atoms with Crippen LogP contribution < -0.4 is 5.32 Å². The van der Waals surface area contributed by atoms with Crippen molar-refractivity contribution in [2.45, 2.75) is 10.8 Å². The van der Waals surface area contributed by atoms with Gasteiger partial charge in [-0.25, -0.2) is 9.78 Å². The Morgan fingerprint density at radius 1 is 1.35 bits per heavy atom. The molecule has 1 fully saturated rings. The van der Waals surface area contributed by atoms with Crippen LogP contribution in [0, 0.1) is 0 Å². The van der Waals surface area contributed by atoms with Crippen LogP contribution in [0.3, 0.4) is 0 Å². The molecule has 0 atom stereocenters. The first-order chi connectivity index (χ1) is 9.74. The number of carbonyl (C=O) groups excluding carboxylic acids is 2. The van der Waals surface area contributed by atoms with Crippen LogP contribution >= 0.6 is 23.1 Å². The summed E-state index contributed by atoms with van der Waals surface area (Å²) < 4.78 is 2.22. The molecule has 104 valence electrons. The third-order valence-corrected chi connectivity index (χ3v) is 5.23. The summed E-state index contributed by atoms with van der Waals surface area (Å²) in [4.78, 5) is 28.5. The third-order valence-electron chi connectivity index (χ3n) is 2.96. The van der Waals surface area contributed by atoms with Crippen LogP contribution in [0.2, 0.25) is 0 Å². The first-order valence-electron chi connectivity index (χ1n) is 6.30. The van der Waals surface area contributed by atoms with Gasteiger partial charge in [0, 0.05) is 12.3 Å². The van der Waals surface area contributed by atoms with Crippen LogP contribution in [0.25, 0.3) is 10.2 Å². The zero-order chi connectivity index (χ0) is 13.9. The van der Waals surface area contributed by atoms with E-state index in [2.05, 4.69) is 16.4 Å². The summed E-state index contributed by atoms with van der Waals surface area (Å²) in [5, 5.41) is 2.52. The lowest BCUT2D eigenvalue weighted by molar-refractivity contribution is -0.124. The van der Waals surface area contributed by atoms with Crippen molar-refractivity contribution in [1.29, 1.82) is 0 Å². The number of amides is 3. The number of hydrogen-bond acceptors (Lipinski definition) is 5. The van der Waals surface area contributed by atoms with Gasteiger partial charge in [-0.2, -0.15) is 0 Å². The molecule has 5 nitrogen and oxygen atoms in total. The minimum Gasteiger partial charge on any atom is -0.329 e. The van der Waals surface area contributed by atoms with Crippen LogP contribution in [-0.2, 0) is 4.79 Å². The molecular formula is C13H13N3O2S2. The van der Waals surface area contributed by atoms with Crippen molar-refractivity contribution >= 4 is 45.3 Å². The van der Waals surface area contributed by atoms with Crippen LogP contribution in [0.5, 0.6) is 0 Å². The molecule has 1 aliphatic heterocycles. The van der Waals surface area contributed by atoms with Gasteiger partial charge in [0.15, 0.2) is 4.34 Å². The van der Waals surface area contributed by atoms with Crippen molar-refractivity contribution in [2.75, 3.05) is 18.8 Å². The van der Waals surface area contributed by atoms with E-state index in [1.54, 1.807) is 23.1 Å². The number of carbonyl (C=O) groups is 2. The summed E-state index contributed by atoms with van der Waals surface area (Å²) in [6, 6.07) is 7.77. The van der Waals surface area contributed by atoms with Crippen LogP contribution in [0.1, 0.15) is 6.42 Å². The van der Waals surface area contributed by atoms with Gasteiger partial charge in [-0.3, -0.25) is 9.69 Å². The Balaban J connectivity index is 1.50. The molecule has 1 N–H and O–H groups in total. The summed E-state index contributed by atoms with van der Waals surface area (Å²) in [6.07, 6.45) is 0.778. The Labute approximate surface area is 124 Å². The highest BCUT2D eigenvalue weighted by Crippen LogP contribution is 2.29. The Hall–Kier alpha value is -1.60. The van der Waals surface area contributed by atoms with Gasteiger partial charge in [-0.1, -0.05) is 23.9 Å². The Bertz CT molecular complexity index is 607. The van der Waals surface area contributed by atoms with Crippen molar-refractivity contribution < 1.29 is 9.59 Å². The average molecular weight is 307 g/mol. The van der Waals surface area contributed by atoms with Crippen molar-refractivity contribution in [3.05, 3.63) is 24.3 Å². The highest BCUT2D eigenvalue weighted by atomic mass is 32.2. The fourth-order valence-electron chi connectivity index (χ4n) is 1.98. The maximum atomic E-state index is 11.4. The summed E-state index contributed by atoms with van der Waals surface area (Å²) >= 11 is 3.34. The summed E-state index contributed by atoms with van der Waals surface area (Å²) in [6.45, 7) is 0.604. The quantitative estimate of drug-likeness (QED) is 0.523. The Kier molecular flexibility index (Phi) is 3.88. The van der Waals surface area contributed by atoms with E-state index >= 15 is 0 Å². The number of nitrogens with one attached hydrogen (secondary N) is 1. The normalized spacial score (nSPS) is 15.1. The number of urea groups is 1. The van der Waals surface area contributed by atoms with Crippen molar-refractivity contribution in [2.24, 2.45) is 0 Å². The molecule has 0 spiro atoms. The molecule has 0 unspecified atom stereocenters. The van der Waals surface area contributed by atoms with Crippen LogP contribution in [0.4, 0.5) is 4.79 Å². The highest BCUT2D eigenvalue weighted by Gasteiger charge is 2.27. The second-order valence-corrected chi connectivity index (χ2v) is 6.73. The molecule has 0 radical (unpaired) electrons. The number of thioether (sulfide) groups is 1. The Morgan fingerprint density at radius 3 is 2.95 bits per heavy atom. The predicted molar refractivity (Wildman–Crippen MR) is 80.1 cm³/mol. The maximum Gasteiger partial charge on any atom is 0.324 e. The fourth-order valence-corrected chi connectivity index (χ4v) is 4.04. The molecule has 3 amide bonds. The number of hydrogen-bond donors (Lipinski definition) is 1. The molecule has 1 aromatic heterocycles. The van der Waals surface area contributed by atoms with Crippen LogP contribution in [-0.4, -0.2) is 40.7 Å². The largest absolute Gasteiger partial charge is 0.329 e. The fraction of sp³-hybridized carbons (Fsp3) is 0.308. The molecule has 1 aromatic carbocycles. The number of imide groups is 1. The van der Waals surface area contributed by atoms with Gasteiger partial charge < -0.3 is 5.32 Å². The lowest BCUT2D eigenvalue weighted by Crippen LogP contribution is -2.32. The SMILES string of the molecule is O=C1CNC(=O)N1CCCSc1nc2ccccc2s1. The minimum atomic E-state index is -0.278. The van der Waals surface area contributed by atoms with E-state index < -0.39 is 0 Å². The zero-order valence-electron chi connectivity index (χ0n) is 10.7. The molecule has 2 heterocycles. The van der Waals surface area contributed by atoms with Gasteiger partial charge >= 0.3 is 6.03 Å². The van der Waals surface area contributed by atoms with Gasteiger partial charge in [0.1, 0.15) is 0 Å². The molecule has 1 aliphatic rings. The van der Waals surface area contributed by atoms with E-state index in [-0.39, 0.29) is 18.5 Å². The first kappa shape index (κ1) is 13.4. The predicted octanol–water partition coefficient (Wildman–Crippen LogP) is 2.33. The summed E-state index contributed by atoms with van der Waals surface area (Å²) in [7, 11) is 0. The maximum absolute atomic E-state index is 11.4.